The van der Waals surface area contributed by atoms with Crippen LogP contribution in [0.25, 0.3) is 0 Å². The van der Waals surface area contributed by atoms with Gasteiger partial charge in [0.1, 0.15) is 13.2 Å². The Kier molecular flexibility index (Phi) is 43.0. The molecule has 0 amide bonds. The van der Waals surface area contributed by atoms with E-state index in [0.29, 0.717) is 19.3 Å². The normalized spacial score (nSPS) is 12.4. The van der Waals surface area contributed by atoms with Crippen molar-refractivity contribution < 1.29 is 28.6 Å². The van der Waals surface area contributed by atoms with E-state index in [1.165, 1.54) is 109 Å². The Morgan fingerprint density at radius 1 is 0.375 bits per heavy atom. The average Bonchev–Trinajstić information content (AvgIpc) is 3.19. The van der Waals surface area contributed by atoms with E-state index in [1.807, 2.05) is 0 Å². The fraction of sp³-hybridized carbons (Fsp3) is 0.780. The summed E-state index contributed by atoms with van der Waals surface area (Å²) in [6.45, 7) is 6.48. The number of ether oxygens (including phenoxy) is 3. The fourth-order valence-corrected chi connectivity index (χ4v) is 6.55. The van der Waals surface area contributed by atoms with Crippen LogP contribution in [-0.4, -0.2) is 37.2 Å². The molecule has 0 aliphatic rings. The SMILES string of the molecule is CC/C=C\C/C=C\C/C=C\C/C=C\CCCCC(=O)OC[C@@H](COC(=O)CCCCCCCCCCCCC)OC(=O)CCCCCCCCCCCCCC. The van der Waals surface area contributed by atoms with Gasteiger partial charge >= 0.3 is 17.9 Å². The maximum atomic E-state index is 12.7. The van der Waals surface area contributed by atoms with E-state index in [2.05, 4.69) is 69.4 Å². The van der Waals surface area contributed by atoms with Crippen molar-refractivity contribution in [3.8, 4) is 0 Å². The summed E-state index contributed by atoms with van der Waals surface area (Å²) >= 11 is 0. The van der Waals surface area contributed by atoms with E-state index in [-0.39, 0.29) is 31.1 Å². The van der Waals surface area contributed by atoms with Crippen LogP contribution in [-0.2, 0) is 28.6 Å². The molecule has 0 fully saturated rings. The minimum absolute atomic E-state index is 0.0832. The summed E-state index contributed by atoms with van der Waals surface area (Å²) in [4.78, 5) is 37.8. The minimum Gasteiger partial charge on any atom is -0.462 e. The second kappa shape index (κ2) is 45.1. The van der Waals surface area contributed by atoms with Gasteiger partial charge in [0.15, 0.2) is 6.10 Å². The van der Waals surface area contributed by atoms with Crippen molar-refractivity contribution in [1.82, 2.24) is 0 Å². The van der Waals surface area contributed by atoms with Crippen molar-refractivity contribution in [1.29, 1.82) is 0 Å². The molecule has 0 spiro atoms. The Balaban J connectivity index is 4.42. The Morgan fingerprint density at radius 3 is 1.09 bits per heavy atom. The third-order valence-electron chi connectivity index (χ3n) is 10.1. The molecule has 324 valence electrons. The molecule has 0 radical (unpaired) electrons. The lowest BCUT2D eigenvalue weighted by molar-refractivity contribution is -0.167. The predicted octanol–water partition coefficient (Wildman–Crippen LogP) is 15.1. The summed E-state index contributed by atoms with van der Waals surface area (Å²) in [6, 6.07) is 0. The number of unbranched alkanes of at least 4 members (excludes halogenated alkanes) is 23. The molecule has 56 heavy (non-hydrogen) atoms. The van der Waals surface area contributed by atoms with Gasteiger partial charge in [0.2, 0.25) is 0 Å². The minimum atomic E-state index is -0.783. The highest BCUT2D eigenvalue weighted by Gasteiger charge is 2.19. The Labute approximate surface area is 346 Å². The summed E-state index contributed by atoms with van der Waals surface area (Å²) in [5.74, 6) is -0.924. The topological polar surface area (TPSA) is 78.9 Å². The number of hydrogen-bond acceptors (Lipinski definition) is 6. The first kappa shape index (κ1) is 53.4. The fourth-order valence-electron chi connectivity index (χ4n) is 6.55. The van der Waals surface area contributed by atoms with Gasteiger partial charge in [0.25, 0.3) is 0 Å². The number of esters is 3. The third kappa shape index (κ3) is 42.5. The van der Waals surface area contributed by atoms with Crippen LogP contribution in [0.1, 0.15) is 233 Å². The molecule has 0 aromatic heterocycles. The number of hydrogen-bond donors (Lipinski definition) is 0. The summed E-state index contributed by atoms with van der Waals surface area (Å²) in [5.41, 5.74) is 0. The van der Waals surface area contributed by atoms with Crippen LogP contribution in [0, 0.1) is 0 Å². The second-order valence-corrected chi connectivity index (χ2v) is 15.6. The Morgan fingerprint density at radius 2 is 0.696 bits per heavy atom. The highest BCUT2D eigenvalue weighted by atomic mass is 16.6. The predicted molar refractivity (Wildman–Crippen MR) is 238 cm³/mol. The lowest BCUT2D eigenvalue weighted by Gasteiger charge is -2.18. The monoisotopic (exact) mass is 785 g/mol. The zero-order chi connectivity index (χ0) is 40.8. The zero-order valence-corrected chi connectivity index (χ0v) is 36.9. The maximum Gasteiger partial charge on any atom is 0.306 e. The van der Waals surface area contributed by atoms with E-state index in [1.54, 1.807) is 0 Å². The van der Waals surface area contributed by atoms with E-state index >= 15 is 0 Å². The molecule has 0 aromatic carbocycles. The van der Waals surface area contributed by atoms with Crippen LogP contribution < -0.4 is 0 Å². The second-order valence-electron chi connectivity index (χ2n) is 15.6. The molecule has 0 bridgehead atoms. The van der Waals surface area contributed by atoms with Crippen molar-refractivity contribution in [2.45, 2.75) is 239 Å². The van der Waals surface area contributed by atoms with E-state index < -0.39 is 6.10 Å². The van der Waals surface area contributed by atoms with E-state index in [0.717, 1.165) is 83.5 Å². The van der Waals surface area contributed by atoms with Gasteiger partial charge in [0.05, 0.1) is 0 Å². The molecular formula is C50H88O6. The van der Waals surface area contributed by atoms with Gasteiger partial charge in [0, 0.05) is 19.3 Å². The molecule has 0 aliphatic heterocycles. The van der Waals surface area contributed by atoms with Gasteiger partial charge in [-0.3, -0.25) is 14.4 Å². The van der Waals surface area contributed by atoms with Crippen LogP contribution in [0.15, 0.2) is 48.6 Å². The van der Waals surface area contributed by atoms with Gasteiger partial charge in [-0.15, -0.1) is 0 Å². The molecule has 0 aliphatic carbocycles. The molecule has 0 heterocycles. The van der Waals surface area contributed by atoms with Gasteiger partial charge in [-0.25, -0.2) is 0 Å². The molecule has 0 saturated heterocycles. The lowest BCUT2D eigenvalue weighted by Crippen LogP contribution is -2.30. The summed E-state index contributed by atoms with van der Waals surface area (Å²) in [6.07, 6.45) is 52.3. The van der Waals surface area contributed by atoms with E-state index in [9.17, 15) is 14.4 Å². The van der Waals surface area contributed by atoms with Crippen LogP contribution in [0.2, 0.25) is 0 Å². The summed E-state index contributed by atoms with van der Waals surface area (Å²) in [7, 11) is 0. The molecule has 0 rings (SSSR count). The van der Waals surface area contributed by atoms with Crippen LogP contribution in [0.3, 0.4) is 0 Å². The summed E-state index contributed by atoms with van der Waals surface area (Å²) in [5, 5.41) is 0. The molecular weight excluding hydrogens is 697 g/mol. The molecule has 0 saturated carbocycles. The van der Waals surface area contributed by atoms with E-state index in [4.69, 9.17) is 14.2 Å². The smallest absolute Gasteiger partial charge is 0.306 e. The van der Waals surface area contributed by atoms with Crippen LogP contribution >= 0.6 is 0 Å². The maximum absolute atomic E-state index is 12.7. The first-order chi connectivity index (χ1) is 27.5. The van der Waals surface area contributed by atoms with Crippen molar-refractivity contribution in [2.75, 3.05) is 13.2 Å². The van der Waals surface area contributed by atoms with Crippen LogP contribution in [0.5, 0.6) is 0 Å². The molecule has 0 unspecified atom stereocenters. The molecule has 0 aromatic rings. The Bertz CT molecular complexity index is 996. The third-order valence-corrected chi connectivity index (χ3v) is 10.1. The highest BCUT2D eigenvalue weighted by molar-refractivity contribution is 5.71. The van der Waals surface area contributed by atoms with Crippen molar-refractivity contribution in [3.05, 3.63) is 48.6 Å². The number of allylic oxidation sites excluding steroid dienone is 8. The number of carbonyl (C=O) groups is 3. The first-order valence-corrected chi connectivity index (χ1v) is 23.6. The van der Waals surface area contributed by atoms with Gasteiger partial charge in [-0.05, 0) is 57.8 Å². The zero-order valence-electron chi connectivity index (χ0n) is 36.9. The van der Waals surface area contributed by atoms with Crippen molar-refractivity contribution in [2.24, 2.45) is 0 Å². The van der Waals surface area contributed by atoms with Gasteiger partial charge in [-0.1, -0.05) is 204 Å². The Hall–Kier alpha value is -2.63. The average molecular weight is 785 g/mol. The molecule has 1 atom stereocenters. The van der Waals surface area contributed by atoms with Crippen molar-refractivity contribution in [3.63, 3.8) is 0 Å². The van der Waals surface area contributed by atoms with Gasteiger partial charge in [-0.2, -0.15) is 0 Å². The molecule has 0 N–H and O–H groups in total. The largest absolute Gasteiger partial charge is 0.462 e. The van der Waals surface area contributed by atoms with Gasteiger partial charge < -0.3 is 14.2 Å². The summed E-state index contributed by atoms with van der Waals surface area (Å²) < 4.78 is 16.7. The quantitative estimate of drug-likeness (QED) is 0.0265. The lowest BCUT2D eigenvalue weighted by atomic mass is 10.0. The highest BCUT2D eigenvalue weighted by Crippen LogP contribution is 2.15. The standard InChI is InChI=1S/C50H88O6/c1-4-7-10-13-16-19-22-24-25-26-29-31-34-37-40-43-49(52)55-46-47(45-54-48(51)42-39-36-33-30-27-21-18-15-12-9-6-3)56-50(53)44-41-38-35-32-28-23-20-17-14-11-8-5-2/h7,10,16,19,24-25,29,31,47H,4-6,8-9,11-15,17-18,20-23,26-28,30,32-46H2,1-3H3/b10-7-,19-16-,25-24-,31-29-/t47-/m1/s1. The molecule has 6 heteroatoms. The van der Waals surface area contributed by atoms with Crippen molar-refractivity contribution >= 4 is 17.9 Å². The number of carbonyl (C=O) groups excluding carboxylic acids is 3. The number of rotatable bonds is 42. The molecule has 6 nitrogen and oxygen atoms in total. The van der Waals surface area contributed by atoms with Crippen LogP contribution in [0.4, 0.5) is 0 Å². The first-order valence-electron chi connectivity index (χ1n) is 23.6.